The quantitative estimate of drug-likeness (QED) is 0.826. The molecule has 0 bridgehead atoms. The number of primary amides is 1. The number of amides is 2. The Kier molecular flexibility index (Phi) is 5.88. The molecule has 6 nitrogen and oxygen atoms in total. The third-order valence-corrected chi connectivity index (χ3v) is 3.98. The first-order chi connectivity index (χ1) is 11.8. The van der Waals surface area contributed by atoms with Crippen LogP contribution in [0.3, 0.4) is 0 Å². The van der Waals surface area contributed by atoms with E-state index in [2.05, 4.69) is 5.32 Å². The van der Waals surface area contributed by atoms with Gasteiger partial charge in [-0.25, -0.2) is 0 Å². The lowest BCUT2D eigenvalue weighted by Crippen LogP contribution is -2.20. The van der Waals surface area contributed by atoms with E-state index in [4.69, 9.17) is 26.8 Å². The van der Waals surface area contributed by atoms with E-state index in [-0.39, 0.29) is 29.0 Å². The van der Waals surface area contributed by atoms with Crippen LogP contribution in [0, 0.1) is 13.8 Å². The maximum atomic E-state index is 12.5. The molecule has 0 unspecified atom stereocenters. The summed E-state index contributed by atoms with van der Waals surface area (Å²) >= 11 is 6.16. The van der Waals surface area contributed by atoms with Crippen molar-refractivity contribution in [3.8, 4) is 11.5 Å². The average Bonchev–Trinajstić information content (AvgIpc) is 2.56. The number of nitrogens with two attached hydrogens (primary N) is 1. The second-order valence-corrected chi connectivity index (χ2v) is 5.85. The van der Waals surface area contributed by atoms with Crippen molar-refractivity contribution in [1.82, 2.24) is 0 Å². The van der Waals surface area contributed by atoms with Crippen molar-refractivity contribution in [3.63, 3.8) is 0 Å². The number of hydrogen-bond acceptors (Lipinski definition) is 4. The summed E-state index contributed by atoms with van der Waals surface area (Å²) < 4.78 is 10.4. The topological polar surface area (TPSA) is 90.7 Å². The Hall–Kier alpha value is -2.73. The minimum Gasteiger partial charge on any atom is -0.493 e. The van der Waals surface area contributed by atoms with E-state index in [9.17, 15) is 9.59 Å². The van der Waals surface area contributed by atoms with Gasteiger partial charge < -0.3 is 20.5 Å². The van der Waals surface area contributed by atoms with Crippen LogP contribution in [0.15, 0.2) is 30.3 Å². The summed E-state index contributed by atoms with van der Waals surface area (Å²) in [6.45, 7) is 3.55. The number of carbonyl (C=O) groups excluding carboxylic acids is 2. The van der Waals surface area contributed by atoms with Gasteiger partial charge in [-0.3, -0.25) is 9.59 Å². The number of carbonyl (C=O) groups is 2. The molecule has 0 saturated heterocycles. The Balaban J connectivity index is 2.29. The van der Waals surface area contributed by atoms with E-state index in [1.165, 1.54) is 19.2 Å². The lowest BCUT2D eigenvalue weighted by atomic mass is 10.1. The maximum Gasteiger partial charge on any atom is 0.255 e. The number of rotatable bonds is 6. The van der Waals surface area contributed by atoms with Crippen LogP contribution in [0.4, 0.5) is 5.69 Å². The molecule has 2 aromatic carbocycles. The molecule has 0 fully saturated rings. The fourth-order valence-electron chi connectivity index (χ4n) is 2.22. The summed E-state index contributed by atoms with van der Waals surface area (Å²) in [5.41, 5.74) is 8.13. The van der Waals surface area contributed by atoms with E-state index in [0.717, 1.165) is 11.1 Å². The van der Waals surface area contributed by atoms with Gasteiger partial charge >= 0.3 is 0 Å². The van der Waals surface area contributed by atoms with Gasteiger partial charge in [-0.2, -0.15) is 0 Å². The van der Waals surface area contributed by atoms with E-state index >= 15 is 0 Å². The number of hydrogen-bond donors (Lipinski definition) is 2. The Morgan fingerprint density at radius 2 is 1.96 bits per heavy atom. The van der Waals surface area contributed by atoms with Crippen molar-refractivity contribution in [3.05, 3.63) is 52.0 Å². The standard InChI is InChI=1S/C18H19ClN2O4/c1-10-5-4-6-14(11(10)2)21-18(23)12-7-13(19)17(15(8-12)24-3)25-9-16(20)22/h4-8H,9H2,1-3H3,(H2,20,22)(H,21,23). The van der Waals surface area contributed by atoms with Crippen LogP contribution in [0.1, 0.15) is 21.5 Å². The van der Waals surface area contributed by atoms with Crippen LogP contribution in [-0.4, -0.2) is 25.5 Å². The highest BCUT2D eigenvalue weighted by Gasteiger charge is 2.17. The lowest BCUT2D eigenvalue weighted by Gasteiger charge is -2.14. The molecule has 0 spiro atoms. The van der Waals surface area contributed by atoms with Gasteiger partial charge in [0.05, 0.1) is 12.1 Å². The second-order valence-electron chi connectivity index (χ2n) is 5.45. The number of ether oxygens (including phenoxy) is 2. The van der Waals surface area contributed by atoms with Crippen molar-refractivity contribution in [2.45, 2.75) is 13.8 Å². The Morgan fingerprint density at radius 1 is 1.24 bits per heavy atom. The summed E-state index contributed by atoms with van der Waals surface area (Å²) in [6.07, 6.45) is 0. The van der Waals surface area contributed by atoms with Crippen LogP contribution in [0.5, 0.6) is 11.5 Å². The number of halogens is 1. The Morgan fingerprint density at radius 3 is 2.60 bits per heavy atom. The van der Waals surface area contributed by atoms with Crippen LogP contribution in [0.25, 0.3) is 0 Å². The van der Waals surface area contributed by atoms with Crippen molar-refractivity contribution in [2.24, 2.45) is 5.73 Å². The molecule has 0 aliphatic rings. The highest BCUT2D eigenvalue weighted by Crippen LogP contribution is 2.36. The van der Waals surface area contributed by atoms with Crippen molar-refractivity contribution in [2.75, 3.05) is 19.0 Å². The molecule has 0 heterocycles. The molecule has 0 radical (unpaired) electrons. The van der Waals surface area contributed by atoms with Crippen molar-refractivity contribution < 1.29 is 19.1 Å². The van der Waals surface area contributed by atoms with Gasteiger partial charge in [-0.1, -0.05) is 23.7 Å². The van der Waals surface area contributed by atoms with Gasteiger partial charge in [0.2, 0.25) is 0 Å². The number of nitrogens with one attached hydrogen (secondary N) is 1. The molecule has 2 amide bonds. The first-order valence-electron chi connectivity index (χ1n) is 7.49. The highest BCUT2D eigenvalue weighted by atomic mass is 35.5. The van der Waals surface area contributed by atoms with Crippen molar-refractivity contribution in [1.29, 1.82) is 0 Å². The summed E-state index contributed by atoms with van der Waals surface area (Å²) in [5, 5.41) is 2.99. The molecule has 25 heavy (non-hydrogen) atoms. The fourth-order valence-corrected chi connectivity index (χ4v) is 2.48. The monoisotopic (exact) mass is 362 g/mol. The van der Waals surface area contributed by atoms with Gasteiger partial charge in [0.25, 0.3) is 11.8 Å². The zero-order valence-corrected chi connectivity index (χ0v) is 14.9. The number of anilines is 1. The molecule has 2 aromatic rings. The average molecular weight is 363 g/mol. The van der Waals surface area contributed by atoms with Crippen molar-refractivity contribution >= 4 is 29.1 Å². The predicted octanol–water partition coefficient (Wildman–Crippen LogP) is 3.08. The number of benzene rings is 2. The van der Waals surface area contributed by atoms with E-state index in [0.29, 0.717) is 11.3 Å². The molecule has 3 N–H and O–H groups in total. The predicted molar refractivity (Wildman–Crippen MR) is 96.6 cm³/mol. The lowest BCUT2D eigenvalue weighted by molar-refractivity contribution is -0.119. The van der Waals surface area contributed by atoms with Crippen LogP contribution < -0.4 is 20.5 Å². The zero-order valence-electron chi connectivity index (χ0n) is 14.2. The number of methoxy groups -OCH3 is 1. The van der Waals surface area contributed by atoms with Gasteiger partial charge in [-0.05, 0) is 43.2 Å². The Bertz CT molecular complexity index is 821. The molecular weight excluding hydrogens is 344 g/mol. The van der Waals surface area contributed by atoms with E-state index in [1.807, 2.05) is 32.0 Å². The molecule has 132 valence electrons. The molecule has 0 aliphatic carbocycles. The van der Waals surface area contributed by atoms with E-state index < -0.39 is 5.91 Å². The molecular formula is C18H19ClN2O4. The third-order valence-electron chi connectivity index (χ3n) is 3.70. The SMILES string of the molecule is COc1cc(C(=O)Nc2cccc(C)c2C)cc(Cl)c1OCC(N)=O. The highest BCUT2D eigenvalue weighted by molar-refractivity contribution is 6.32. The van der Waals surface area contributed by atoms with Crippen LogP contribution in [0.2, 0.25) is 5.02 Å². The zero-order chi connectivity index (χ0) is 18.6. The molecule has 0 saturated carbocycles. The first-order valence-corrected chi connectivity index (χ1v) is 7.87. The molecule has 0 atom stereocenters. The molecule has 0 aromatic heterocycles. The molecule has 0 aliphatic heterocycles. The summed E-state index contributed by atoms with van der Waals surface area (Å²) in [5.74, 6) is -0.587. The van der Waals surface area contributed by atoms with Gasteiger partial charge in [0.15, 0.2) is 18.1 Å². The summed E-state index contributed by atoms with van der Waals surface area (Å²) in [6, 6.07) is 8.59. The fraction of sp³-hybridized carbons (Fsp3) is 0.222. The van der Waals surface area contributed by atoms with Gasteiger partial charge in [-0.15, -0.1) is 0 Å². The Labute approximate surface area is 150 Å². The third kappa shape index (κ3) is 4.42. The first kappa shape index (κ1) is 18.6. The van der Waals surface area contributed by atoms with Crippen LogP contribution in [-0.2, 0) is 4.79 Å². The largest absolute Gasteiger partial charge is 0.493 e. The summed E-state index contributed by atoms with van der Waals surface area (Å²) in [4.78, 5) is 23.4. The van der Waals surface area contributed by atoms with Crippen LogP contribution >= 0.6 is 11.6 Å². The number of aryl methyl sites for hydroxylation is 1. The van der Waals surface area contributed by atoms with Gasteiger partial charge in [0, 0.05) is 11.3 Å². The molecule has 7 heteroatoms. The van der Waals surface area contributed by atoms with E-state index in [1.54, 1.807) is 0 Å². The van der Waals surface area contributed by atoms with Gasteiger partial charge in [0.1, 0.15) is 0 Å². The maximum absolute atomic E-state index is 12.5. The minimum atomic E-state index is -0.644. The smallest absolute Gasteiger partial charge is 0.255 e. The summed E-state index contributed by atoms with van der Waals surface area (Å²) in [7, 11) is 1.41. The normalized spacial score (nSPS) is 10.2. The second kappa shape index (κ2) is 7.90. The minimum absolute atomic E-state index is 0.145. The molecule has 2 rings (SSSR count).